The zero-order chi connectivity index (χ0) is 28.8. The zero-order valence-corrected chi connectivity index (χ0v) is 19.9. The van der Waals surface area contributed by atoms with E-state index in [0.717, 1.165) is 27.5 Å². The molecule has 0 saturated carbocycles. The van der Waals surface area contributed by atoms with Gasteiger partial charge in [0.1, 0.15) is 0 Å². The highest BCUT2D eigenvalue weighted by Gasteiger charge is 2.90. The van der Waals surface area contributed by atoms with E-state index in [9.17, 15) is 66.7 Å². The summed E-state index contributed by atoms with van der Waals surface area (Å²) in [6, 6.07) is 5.71. The average molecular weight is 673 g/mol. The fourth-order valence-electron chi connectivity index (χ4n) is 3.15. The molecule has 1 aromatic rings. The molecule has 2 amide bonds. The number of hydrogen-bond donors (Lipinski definition) is 0. The van der Waals surface area contributed by atoms with Crippen molar-refractivity contribution in [2.24, 2.45) is 0 Å². The molecule has 2 rings (SSSR count). The van der Waals surface area contributed by atoms with Gasteiger partial charge in [-0.1, -0.05) is 12.1 Å². The second-order valence-electron chi connectivity index (χ2n) is 7.77. The lowest BCUT2D eigenvalue weighted by Crippen LogP contribution is -2.69. The van der Waals surface area contributed by atoms with E-state index >= 15 is 0 Å². The van der Waals surface area contributed by atoms with Crippen LogP contribution in [0.3, 0.4) is 0 Å². The summed E-state index contributed by atoms with van der Waals surface area (Å²) >= 11 is 0.921. The highest BCUT2D eigenvalue weighted by Crippen LogP contribution is 2.60. The molecule has 17 heteroatoms. The Morgan fingerprint density at radius 3 is 1.57 bits per heavy atom. The van der Waals surface area contributed by atoms with E-state index in [1.165, 1.54) is 24.3 Å². The van der Waals surface area contributed by atoms with Crippen molar-refractivity contribution in [1.29, 1.82) is 0 Å². The van der Waals surface area contributed by atoms with Crippen LogP contribution in [0.2, 0.25) is 0 Å². The minimum Gasteiger partial charge on any atom is -0.274 e. The summed E-state index contributed by atoms with van der Waals surface area (Å²) in [6.07, 6.45) is -9.38. The maximum atomic E-state index is 13.9. The largest absolute Gasteiger partial charge is 0.460 e. The van der Waals surface area contributed by atoms with Crippen LogP contribution in [0.5, 0.6) is 0 Å². The SMILES string of the molecule is O=C1c2ccccc2C(=O)N1CCCC/C(I)=C\C(F)(F)C(F)(F)C(F)(F)C(F)(F)C(F)(F)C(F)(F)F. The number of imide groups is 1. The first-order valence-electron chi connectivity index (χ1n) is 9.83. The number of halogens is 14. The molecule has 0 fully saturated rings. The Labute approximate surface area is 212 Å². The van der Waals surface area contributed by atoms with Crippen molar-refractivity contribution in [2.75, 3.05) is 6.54 Å². The van der Waals surface area contributed by atoms with Crippen LogP contribution in [-0.4, -0.2) is 59.0 Å². The lowest BCUT2D eigenvalue weighted by molar-refractivity contribution is -0.436. The number of amides is 2. The van der Waals surface area contributed by atoms with Crippen LogP contribution in [0.25, 0.3) is 0 Å². The third-order valence-electron chi connectivity index (χ3n) is 5.22. The van der Waals surface area contributed by atoms with Gasteiger partial charge < -0.3 is 0 Å². The number of unbranched alkanes of at least 4 members (excludes halogenated alkanes) is 1. The number of nitrogens with zero attached hydrogens (tertiary/aromatic N) is 1. The van der Waals surface area contributed by atoms with Gasteiger partial charge in [-0.15, -0.1) is 0 Å². The molecule has 0 unspecified atom stereocenters. The Morgan fingerprint density at radius 2 is 1.14 bits per heavy atom. The molecule has 0 radical (unpaired) electrons. The summed E-state index contributed by atoms with van der Waals surface area (Å²) in [6.45, 7) is -0.264. The van der Waals surface area contributed by atoms with Crippen molar-refractivity contribution >= 4 is 34.4 Å². The highest BCUT2D eigenvalue weighted by molar-refractivity contribution is 14.1. The molecule has 3 nitrogen and oxygen atoms in total. The lowest BCUT2D eigenvalue weighted by atomic mass is 9.93. The summed E-state index contributed by atoms with van der Waals surface area (Å²) < 4.78 is 170. The van der Waals surface area contributed by atoms with Gasteiger partial charge in [-0.25, -0.2) is 0 Å². The van der Waals surface area contributed by atoms with Crippen LogP contribution in [0.15, 0.2) is 33.9 Å². The maximum absolute atomic E-state index is 13.9. The molecule has 1 aliphatic heterocycles. The molecular weight excluding hydrogens is 660 g/mol. The quantitative estimate of drug-likeness (QED) is 0.112. The van der Waals surface area contributed by atoms with Gasteiger partial charge in [-0.3, -0.25) is 14.5 Å². The van der Waals surface area contributed by atoms with E-state index in [4.69, 9.17) is 0 Å². The van der Waals surface area contributed by atoms with Crippen molar-refractivity contribution in [3.63, 3.8) is 0 Å². The minimum atomic E-state index is -7.95. The number of carbonyl (C=O) groups excluding carboxylic acids is 2. The van der Waals surface area contributed by atoms with Gasteiger partial charge in [-0.2, -0.15) is 57.1 Å². The Balaban J connectivity index is 2.11. The Kier molecular flexibility index (Phi) is 8.34. The molecule has 1 aliphatic rings. The summed E-state index contributed by atoms with van der Waals surface area (Å²) in [5, 5.41) is 0. The van der Waals surface area contributed by atoms with Gasteiger partial charge in [0, 0.05) is 12.6 Å². The third-order valence-corrected chi connectivity index (χ3v) is 6.07. The van der Waals surface area contributed by atoms with E-state index < -0.39 is 63.7 Å². The molecule has 37 heavy (non-hydrogen) atoms. The topological polar surface area (TPSA) is 37.4 Å². The van der Waals surface area contributed by atoms with Gasteiger partial charge in [-0.05, 0) is 57.6 Å². The van der Waals surface area contributed by atoms with Crippen molar-refractivity contribution in [2.45, 2.75) is 55.1 Å². The first-order chi connectivity index (χ1) is 16.5. The molecule has 208 valence electrons. The predicted octanol–water partition coefficient (Wildman–Crippen LogP) is 7.51. The fourth-order valence-corrected chi connectivity index (χ4v) is 3.92. The maximum Gasteiger partial charge on any atom is 0.460 e. The smallest absolute Gasteiger partial charge is 0.274 e. The van der Waals surface area contributed by atoms with Gasteiger partial charge in [0.2, 0.25) is 0 Å². The Bertz CT molecular complexity index is 1050. The van der Waals surface area contributed by atoms with E-state index in [1.807, 2.05) is 0 Å². The summed E-state index contributed by atoms with van der Waals surface area (Å²) in [4.78, 5) is 25.2. The molecule has 1 aromatic carbocycles. The van der Waals surface area contributed by atoms with Crippen LogP contribution in [-0.2, 0) is 0 Å². The Morgan fingerprint density at radius 1 is 0.703 bits per heavy atom. The average Bonchev–Trinajstić information content (AvgIpc) is 3.00. The van der Waals surface area contributed by atoms with E-state index in [0.29, 0.717) is 0 Å². The van der Waals surface area contributed by atoms with Gasteiger partial charge in [0.05, 0.1) is 11.1 Å². The molecule has 0 aromatic heterocycles. The molecule has 0 atom stereocenters. The van der Waals surface area contributed by atoms with E-state index in [1.54, 1.807) is 0 Å². The van der Waals surface area contributed by atoms with E-state index in [-0.39, 0.29) is 30.5 Å². The molecule has 0 spiro atoms. The van der Waals surface area contributed by atoms with Gasteiger partial charge >= 0.3 is 35.8 Å². The number of fused-ring (bicyclic) bond motifs is 1. The highest BCUT2D eigenvalue weighted by atomic mass is 127. The number of benzene rings is 1. The van der Waals surface area contributed by atoms with Crippen molar-refractivity contribution in [1.82, 2.24) is 4.90 Å². The number of hydrogen-bond acceptors (Lipinski definition) is 2. The predicted molar refractivity (Wildman–Crippen MR) is 109 cm³/mol. The molecule has 1 heterocycles. The molecule has 0 saturated heterocycles. The van der Waals surface area contributed by atoms with Crippen LogP contribution < -0.4 is 0 Å². The number of alkyl halides is 13. The second kappa shape index (κ2) is 9.91. The molecule has 0 bridgehead atoms. The number of carbonyl (C=O) groups is 2. The van der Waals surface area contributed by atoms with Crippen molar-refractivity contribution < 1.29 is 66.7 Å². The standard InChI is InChI=1S/C20H13F13INO2/c21-15(22,16(23,24)17(25,26)18(27,28)19(29,30)20(31,32)33)9-10(34)5-3-4-8-35-13(36)11-6-1-2-7-12(11)14(35)37/h1-2,6-7,9H,3-5,8H2/b10-9+. The van der Waals surface area contributed by atoms with Crippen molar-refractivity contribution in [3.05, 3.63) is 45.0 Å². The number of allylic oxidation sites excluding steroid dienone is 2. The van der Waals surface area contributed by atoms with Crippen molar-refractivity contribution in [3.8, 4) is 0 Å². The minimum absolute atomic E-state index is 0.0951. The first-order valence-corrected chi connectivity index (χ1v) is 10.9. The molecular formula is C20H13F13INO2. The summed E-state index contributed by atoms with van der Waals surface area (Å²) in [5.41, 5.74) is 0.190. The van der Waals surface area contributed by atoms with Gasteiger partial charge in [0.15, 0.2) is 0 Å². The summed E-state index contributed by atoms with van der Waals surface area (Å²) in [5.74, 6) is -38.6. The molecule has 0 N–H and O–H groups in total. The summed E-state index contributed by atoms with van der Waals surface area (Å²) in [7, 11) is 0. The second-order valence-corrected chi connectivity index (χ2v) is 9.16. The van der Waals surface area contributed by atoms with Crippen LogP contribution in [0, 0.1) is 0 Å². The zero-order valence-electron chi connectivity index (χ0n) is 17.8. The normalized spacial score (nSPS) is 16.5. The fraction of sp³-hybridized carbons (Fsp3) is 0.500. The van der Waals surface area contributed by atoms with Gasteiger partial charge in [0.25, 0.3) is 11.8 Å². The monoisotopic (exact) mass is 673 g/mol. The van der Waals surface area contributed by atoms with Crippen LogP contribution in [0.4, 0.5) is 57.1 Å². The first kappa shape index (κ1) is 31.1. The molecule has 0 aliphatic carbocycles. The lowest BCUT2D eigenvalue weighted by Gasteiger charge is -2.39. The van der Waals surface area contributed by atoms with E-state index in [2.05, 4.69) is 0 Å². The number of rotatable bonds is 10. The Hall–Kier alpha value is -2.08. The third kappa shape index (κ3) is 5.15. The van der Waals surface area contributed by atoms with Crippen LogP contribution in [0.1, 0.15) is 40.0 Å². The van der Waals surface area contributed by atoms with Crippen LogP contribution >= 0.6 is 22.6 Å².